The fourth-order valence-corrected chi connectivity index (χ4v) is 3.33. The van der Waals surface area contributed by atoms with Gasteiger partial charge >= 0.3 is 0 Å². The monoisotopic (exact) mass is 398 g/mol. The van der Waals surface area contributed by atoms with Crippen LogP contribution >= 0.6 is 31.9 Å². The van der Waals surface area contributed by atoms with Crippen molar-refractivity contribution in [2.45, 2.75) is 20.4 Å². The zero-order valence-corrected chi connectivity index (χ0v) is 14.6. The number of rotatable bonds is 5. The van der Waals surface area contributed by atoms with Crippen molar-refractivity contribution in [2.24, 2.45) is 0 Å². The van der Waals surface area contributed by atoms with Crippen LogP contribution in [0.15, 0.2) is 39.5 Å². The highest BCUT2D eigenvalue weighted by molar-refractivity contribution is 9.11. The fraction of sp³-hybridized carbons (Fsp3) is 0.267. The van der Waals surface area contributed by atoms with E-state index in [0.717, 1.165) is 31.5 Å². The van der Waals surface area contributed by atoms with Crippen molar-refractivity contribution in [1.29, 1.82) is 0 Å². The molecule has 1 aromatic carbocycles. The Hall–Kier alpha value is -1.07. The molecule has 0 radical (unpaired) electrons. The summed E-state index contributed by atoms with van der Waals surface area (Å²) in [6, 6.07) is 6.12. The summed E-state index contributed by atoms with van der Waals surface area (Å²) in [5, 5.41) is 3.37. The van der Waals surface area contributed by atoms with Crippen LogP contribution in [-0.4, -0.2) is 11.6 Å². The van der Waals surface area contributed by atoms with E-state index < -0.39 is 0 Å². The van der Waals surface area contributed by atoms with Gasteiger partial charge in [-0.15, -0.1) is 0 Å². The third-order valence-corrected chi connectivity index (χ3v) is 3.78. The van der Waals surface area contributed by atoms with Gasteiger partial charge in [0.1, 0.15) is 5.75 Å². The second kappa shape index (κ2) is 7.09. The summed E-state index contributed by atoms with van der Waals surface area (Å²) in [5.74, 6) is 0.879. The van der Waals surface area contributed by atoms with Crippen molar-refractivity contribution in [3.63, 3.8) is 0 Å². The molecule has 2 aromatic rings. The fourth-order valence-electron chi connectivity index (χ4n) is 1.90. The summed E-state index contributed by atoms with van der Waals surface area (Å²) in [7, 11) is 0. The van der Waals surface area contributed by atoms with Crippen LogP contribution in [-0.2, 0) is 6.54 Å². The molecule has 0 aliphatic heterocycles. The molecule has 0 spiro atoms. The summed E-state index contributed by atoms with van der Waals surface area (Å²) in [4.78, 5) is 4.18. The number of ether oxygens (including phenoxy) is 1. The number of aryl methyl sites for hydroxylation is 1. The van der Waals surface area contributed by atoms with Crippen molar-refractivity contribution in [3.05, 3.63) is 50.7 Å². The van der Waals surface area contributed by atoms with Crippen LogP contribution in [0.2, 0.25) is 0 Å². The van der Waals surface area contributed by atoms with Gasteiger partial charge in [0.2, 0.25) is 0 Å². The number of benzene rings is 1. The summed E-state index contributed by atoms with van der Waals surface area (Å²) >= 11 is 7.05. The van der Waals surface area contributed by atoms with Gasteiger partial charge in [0.15, 0.2) is 0 Å². The Morgan fingerprint density at radius 2 is 2.00 bits per heavy atom. The molecule has 0 bridgehead atoms. The summed E-state index contributed by atoms with van der Waals surface area (Å²) in [6.07, 6.45) is 3.66. The van der Waals surface area contributed by atoms with Gasteiger partial charge in [-0.2, -0.15) is 0 Å². The molecule has 1 heterocycles. The molecule has 1 N–H and O–H groups in total. The number of pyridine rings is 1. The molecule has 0 aliphatic rings. The van der Waals surface area contributed by atoms with Crippen molar-refractivity contribution in [3.8, 4) is 5.75 Å². The SMILES string of the molecule is CCOc1c(Br)cc(Br)cc1CNc1cncc(C)c1. The zero-order valence-electron chi connectivity index (χ0n) is 11.4. The van der Waals surface area contributed by atoms with Gasteiger partial charge in [-0.1, -0.05) is 15.9 Å². The molecule has 0 aliphatic carbocycles. The average molecular weight is 400 g/mol. The summed E-state index contributed by atoms with van der Waals surface area (Å²) in [6.45, 7) is 5.33. The van der Waals surface area contributed by atoms with Crippen molar-refractivity contribution in [2.75, 3.05) is 11.9 Å². The molecule has 2 rings (SSSR count). The minimum Gasteiger partial charge on any atom is -0.492 e. The third kappa shape index (κ3) is 3.96. The van der Waals surface area contributed by atoms with Crippen LogP contribution in [0.5, 0.6) is 5.75 Å². The minimum absolute atomic E-state index is 0.638. The maximum Gasteiger partial charge on any atom is 0.138 e. The Kier molecular flexibility index (Phi) is 5.43. The maximum atomic E-state index is 5.71. The van der Waals surface area contributed by atoms with Crippen molar-refractivity contribution in [1.82, 2.24) is 4.98 Å². The van der Waals surface area contributed by atoms with Crippen LogP contribution in [0.25, 0.3) is 0 Å². The van der Waals surface area contributed by atoms with Gasteiger partial charge in [0, 0.05) is 29.0 Å². The number of anilines is 1. The molecule has 0 fully saturated rings. The standard InChI is InChI=1S/C15H16Br2N2O/c1-3-20-15-11(5-12(16)6-14(15)17)8-19-13-4-10(2)7-18-9-13/h4-7,9,19H,3,8H2,1-2H3. The zero-order chi connectivity index (χ0) is 14.5. The molecule has 0 atom stereocenters. The summed E-state index contributed by atoms with van der Waals surface area (Å²) < 4.78 is 7.68. The van der Waals surface area contributed by atoms with E-state index in [2.05, 4.69) is 54.3 Å². The Morgan fingerprint density at radius 1 is 1.20 bits per heavy atom. The molecule has 0 unspecified atom stereocenters. The smallest absolute Gasteiger partial charge is 0.138 e. The number of nitrogens with one attached hydrogen (secondary N) is 1. The number of aromatic nitrogens is 1. The molecule has 20 heavy (non-hydrogen) atoms. The van der Waals surface area contributed by atoms with E-state index in [9.17, 15) is 0 Å². The second-order valence-electron chi connectivity index (χ2n) is 4.41. The van der Waals surface area contributed by atoms with E-state index in [1.807, 2.05) is 32.3 Å². The predicted molar refractivity (Wildman–Crippen MR) is 89.3 cm³/mol. The van der Waals surface area contributed by atoms with Crippen LogP contribution in [0.1, 0.15) is 18.1 Å². The lowest BCUT2D eigenvalue weighted by Gasteiger charge is -2.14. The Labute approximate surface area is 136 Å². The maximum absolute atomic E-state index is 5.71. The van der Waals surface area contributed by atoms with Gasteiger partial charge in [-0.25, -0.2) is 0 Å². The minimum atomic E-state index is 0.638. The number of halogens is 2. The topological polar surface area (TPSA) is 34.1 Å². The first-order valence-corrected chi connectivity index (χ1v) is 7.95. The van der Waals surface area contributed by atoms with E-state index in [-0.39, 0.29) is 0 Å². The Balaban J connectivity index is 2.20. The normalized spacial score (nSPS) is 10.4. The van der Waals surface area contributed by atoms with Crippen LogP contribution < -0.4 is 10.1 Å². The highest BCUT2D eigenvalue weighted by Gasteiger charge is 2.10. The number of hydrogen-bond donors (Lipinski definition) is 1. The van der Waals surface area contributed by atoms with E-state index in [1.54, 1.807) is 0 Å². The lowest BCUT2D eigenvalue weighted by atomic mass is 10.2. The van der Waals surface area contributed by atoms with Crippen molar-refractivity contribution < 1.29 is 4.74 Å². The largest absolute Gasteiger partial charge is 0.492 e. The van der Waals surface area contributed by atoms with Gasteiger partial charge < -0.3 is 10.1 Å². The highest BCUT2D eigenvalue weighted by Crippen LogP contribution is 2.33. The first-order chi connectivity index (χ1) is 9.60. The van der Waals surface area contributed by atoms with Crippen LogP contribution in [0, 0.1) is 6.92 Å². The lowest BCUT2D eigenvalue weighted by Crippen LogP contribution is -2.04. The molecular weight excluding hydrogens is 384 g/mol. The lowest BCUT2D eigenvalue weighted by molar-refractivity contribution is 0.334. The molecule has 1 aromatic heterocycles. The molecule has 0 saturated heterocycles. The molecule has 106 valence electrons. The predicted octanol–water partition coefficient (Wildman–Crippen LogP) is 4.93. The van der Waals surface area contributed by atoms with Crippen molar-refractivity contribution >= 4 is 37.5 Å². The summed E-state index contributed by atoms with van der Waals surface area (Å²) in [5.41, 5.74) is 3.23. The second-order valence-corrected chi connectivity index (χ2v) is 6.18. The highest BCUT2D eigenvalue weighted by atomic mass is 79.9. The van der Waals surface area contributed by atoms with E-state index in [4.69, 9.17) is 4.74 Å². The van der Waals surface area contributed by atoms with Gasteiger partial charge in [0.05, 0.1) is 16.8 Å². The molecule has 5 heteroatoms. The Morgan fingerprint density at radius 3 is 2.70 bits per heavy atom. The molecular formula is C15H16Br2N2O. The average Bonchev–Trinajstić information content (AvgIpc) is 2.40. The van der Waals surface area contributed by atoms with E-state index in [0.29, 0.717) is 13.2 Å². The molecule has 0 amide bonds. The Bertz CT molecular complexity index is 602. The van der Waals surface area contributed by atoms with Gasteiger partial charge in [0.25, 0.3) is 0 Å². The van der Waals surface area contributed by atoms with E-state index >= 15 is 0 Å². The first-order valence-electron chi connectivity index (χ1n) is 6.36. The molecule has 3 nitrogen and oxygen atoms in total. The van der Waals surface area contributed by atoms with Crippen LogP contribution in [0.3, 0.4) is 0 Å². The third-order valence-electron chi connectivity index (χ3n) is 2.73. The first kappa shape index (κ1) is 15.3. The van der Waals surface area contributed by atoms with Gasteiger partial charge in [-0.05, 0) is 53.5 Å². The quantitative estimate of drug-likeness (QED) is 0.774. The number of nitrogens with zero attached hydrogens (tertiary/aromatic N) is 1. The molecule has 0 saturated carbocycles. The number of hydrogen-bond acceptors (Lipinski definition) is 3. The van der Waals surface area contributed by atoms with E-state index in [1.165, 1.54) is 0 Å². The van der Waals surface area contributed by atoms with Crippen LogP contribution in [0.4, 0.5) is 5.69 Å². The van der Waals surface area contributed by atoms with Gasteiger partial charge in [-0.3, -0.25) is 4.98 Å².